The summed E-state index contributed by atoms with van der Waals surface area (Å²) in [4.78, 5) is 28.8. The van der Waals surface area contributed by atoms with Crippen LogP contribution in [0.15, 0.2) is 12.5 Å². The van der Waals surface area contributed by atoms with E-state index >= 15 is 0 Å². The molecule has 0 spiro atoms. The second-order valence-electron chi connectivity index (χ2n) is 3.53. The third kappa shape index (κ3) is 4.54. The number of H-pyrrole nitrogens is 1. The monoisotopic (exact) mass is 240 g/mol. The van der Waals surface area contributed by atoms with E-state index in [1.807, 2.05) is 0 Å². The van der Waals surface area contributed by atoms with Crippen molar-refractivity contribution >= 4 is 12.0 Å². The number of carboxylic acids is 1. The third-order valence-corrected chi connectivity index (χ3v) is 2.25. The van der Waals surface area contributed by atoms with Gasteiger partial charge in [-0.25, -0.2) is 14.6 Å². The van der Waals surface area contributed by atoms with E-state index in [1.54, 1.807) is 19.4 Å². The smallest absolute Gasteiger partial charge is 0.326 e. The van der Waals surface area contributed by atoms with Crippen LogP contribution >= 0.6 is 0 Å². The molecule has 0 aromatic carbocycles. The van der Waals surface area contributed by atoms with Crippen LogP contribution < -0.4 is 10.6 Å². The average Bonchev–Trinajstić information content (AvgIpc) is 2.78. The molecule has 0 saturated heterocycles. The summed E-state index contributed by atoms with van der Waals surface area (Å²) in [6.45, 7) is 2.12. The Labute approximate surface area is 98.6 Å². The number of hydrogen-bond donors (Lipinski definition) is 4. The van der Waals surface area contributed by atoms with Crippen LogP contribution in [0.1, 0.15) is 19.0 Å². The number of rotatable bonds is 6. The molecule has 0 fully saturated rings. The van der Waals surface area contributed by atoms with Gasteiger partial charge in [-0.1, -0.05) is 6.92 Å². The molecular weight excluding hydrogens is 224 g/mol. The lowest BCUT2D eigenvalue weighted by Gasteiger charge is -2.12. The van der Waals surface area contributed by atoms with Gasteiger partial charge in [0.25, 0.3) is 0 Å². The second-order valence-corrected chi connectivity index (χ2v) is 3.53. The number of carbonyl (C=O) groups excluding carboxylic acids is 1. The van der Waals surface area contributed by atoms with Gasteiger partial charge in [-0.15, -0.1) is 0 Å². The standard InChI is InChI=1S/C10H16N4O3/c1-2-8(9(15)16)14-10(17)12-4-3-7-5-11-6-13-7/h5-6,8H,2-4H2,1H3,(H,11,13)(H,15,16)(H2,12,14,17)/t8-/m0/s1. The second kappa shape index (κ2) is 6.51. The quantitative estimate of drug-likeness (QED) is 0.566. The predicted molar refractivity (Wildman–Crippen MR) is 60.5 cm³/mol. The molecule has 0 unspecified atom stereocenters. The van der Waals surface area contributed by atoms with Crippen molar-refractivity contribution in [2.24, 2.45) is 0 Å². The van der Waals surface area contributed by atoms with Gasteiger partial charge in [0.1, 0.15) is 6.04 Å². The zero-order valence-corrected chi connectivity index (χ0v) is 9.56. The van der Waals surface area contributed by atoms with Crippen molar-refractivity contribution in [3.8, 4) is 0 Å². The van der Waals surface area contributed by atoms with Crippen molar-refractivity contribution in [1.82, 2.24) is 20.6 Å². The molecule has 2 amide bonds. The van der Waals surface area contributed by atoms with E-state index in [0.717, 1.165) is 5.69 Å². The first-order valence-electron chi connectivity index (χ1n) is 5.38. The molecule has 0 aliphatic rings. The Kier molecular flexibility index (Phi) is 4.99. The van der Waals surface area contributed by atoms with Crippen molar-refractivity contribution in [3.05, 3.63) is 18.2 Å². The maximum absolute atomic E-state index is 11.3. The van der Waals surface area contributed by atoms with Gasteiger partial charge in [0.05, 0.1) is 6.33 Å². The van der Waals surface area contributed by atoms with E-state index in [4.69, 9.17) is 5.11 Å². The highest BCUT2D eigenvalue weighted by molar-refractivity contribution is 5.82. The Morgan fingerprint density at radius 2 is 2.35 bits per heavy atom. The molecule has 1 aromatic rings. The van der Waals surface area contributed by atoms with Crippen molar-refractivity contribution < 1.29 is 14.7 Å². The SMILES string of the molecule is CC[C@H](NC(=O)NCCc1cnc[nH]1)C(=O)O. The average molecular weight is 240 g/mol. The number of aromatic amines is 1. The van der Waals surface area contributed by atoms with Gasteiger partial charge in [-0.2, -0.15) is 0 Å². The topological polar surface area (TPSA) is 107 Å². The molecule has 0 aliphatic carbocycles. The lowest BCUT2D eigenvalue weighted by atomic mass is 10.2. The fourth-order valence-electron chi connectivity index (χ4n) is 1.28. The number of nitrogens with zero attached hydrogens (tertiary/aromatic N) is 1. The minimum atomic E-state index is -1.03. The zero-order valence-electron chi connectivity index (χ0n) is 9.56. The molecule has 94 valence electrons. The molecule has 0 bridgehead atoms. The van der Waals surface area contributed by atoms with E-state index in [9.17, 15) is 9.59 Å². The number of urea groups is 1. The molecule has 0 saturated carbocycles. The number of carbonyl (C=O) groups is 2. The van der Waals surface area contributed by atoms with E-state index in [2.05, 4.69) is 20.6 Å². The van der Waals surface area contributed by atoms with Crippen molar-refractivity contribution in [2.75, 3.05) is 6.54 Å². The summed E-state index contributed by atoms with van der Waals surface area (Å²) in [6.07, 6.45) is 4.21. The fraction of sp³-hybridized carbons (Fsp3) is 0.500. The molecule has 0 radical (unpaired) electrons. The highest BCUT2D eigenvalue weighted by Gasteiger charge is 2.16. The van der Waals surface area contributed by atoms with Crippen LogP contribution in [0.4, 0.5) is 4.79 Å². The molecular formula is C10H16N4O3. The fourth-order valence-corrected chi connectivity index (χ4v) is 1.28. The van der Waals surface area contributed by atoms with Gasteiger partial charge in [0, 0.05) is 24.9 Å². The number of carboxylic acid groups (broad SMARTS) is 1. The van der Waals surface area contributed by atoms with Crippen LogP contribution in [-0.2, 0) is 11.2 Å². The summed E-state index contributed by atoms with van der Waals surface area (Å²) < 4.78 is 0. The van der Waals surface area contributed by atoms with Crippen LogP contribution in [0.2, 0.25) is 0 Å². The first-order valence-corrected chi connectivity index (χ1v) is 5.38. The van der Waals surface area contributed by atoms with Crippen LogP contribution in [0.3, 0.4) is 0 Å². The Morgan fingerprint density at radius 1 is 1.59 bits per heavy atom. The Morgan fingerprint density at radius 3 is 2.88 bits per heavy atom. The van der Waals surface area contributed by atoms with Crippen molar-refractivity contribution in [3.63, 3.8) is 0 Å². The number of aliphatic carboxylic acids is 1. The summed E-state index contributed by atoms with van der Waals surface area (Å²) in [5.41, 5.74) is 0.913. The van der Waals surface area contributed by atoms with Gasteiger partial charge < -0.3 is 20.7 Å². The van der Waals surface area contributed by atoms with E-state index < -0.39 is 18.0 Å². The van der Waals surface area contributed by atoms with Crippen LogP contribution in [0, 0.1) is 0 Å². The van der Waals surface area contributed by atoms with Crippen LogP contribution in [0.5, 0.6) is 0 Å². The molecule has 1 atom stereocenters. The molecule has 1 heterocycles. The Bertz CT molecular complexity index is 364. The number of imidazole rings is 1. The molecule has 7 heteroatoms. The molecule has 7 nitrogen and oxygen atoms in total. The molecule has 1 aromatic heterocycles. The summed E-state index contributed by atoms with van der Waals surface area (Å²) in [7, 11) is 0. The van der Waals surface area contributed by atoms with Gasteiger partial charge in [0.15, 0.2) is 0 Å². The van der Waals surface area contributed by atoms with Gasteiger partial charge in [-0.05, 0) is 6.42 Å². The predicted octanol–water partition coefficient (Wildman–Crippen LogP) is 0.115. The number of amides is 2. The number of nitrogens with one attached hydrogen (secondary N) is 3. The summed E-state index contributed by atoms with van der Waals surface area (Å²) >= 11 is 0. The zero-order chi connectivity index (χ0) is 12.7. The molecule has 4 N–H and O–H groups in total. The lowest BCUT2D eigenvalue weighted by molar-refractivity contribution is -0.139. The lowest BCUT2D eigenvalue weighted by Crippen LogP contribution is -2.46. The summed E-state index contributed by atoms with van der Waals surface area (Å²) in [6, 6.07) is -1.32. The third-order valence-electron chi connectivity index (χ3n) is 2.25. The summed E-state index contributed by atoms with van der Waals surface area (Å²) in [5.74, 6) is -1.03. The van der Waals surface area contributed by atoms with Crippen LogP contribution in [0.25, 0.3) is 0 Å². The van der Waals surface area contributed by atoms with Gasteiger partial charge >= 0.3 is 12.0 Å². The maximum atomic E-state index is 11.3. The molecule has 17 heavy (non-hydrogen) atoms. The molecule has 1 rings (SSSR count). The summed E-state index contributed by atoms with van der Waals surface area (Å²) in [5, 5.41) is 13.7. The highest BCUT2D eigenvalue weighted by Crippen LogP contribution is 1.92. The van der Waals surface area contributed by atoms with Crippen molar-refractivity contribution in [1.29, 1.82) is 0 Å². The molecule has 0 aliphatic heterocycles. The first-order chi connectivity index (χ1) is 8.13. The Hall–Kier alpha value is -2.05. The van der Waals surface area contributed by atoms with E-state index in [1.165, 1.54) is 0 Å². The van der Waals surface area contributed by atoms with Crippen LogP contribution in [-0.4, -0.2) is 39.7 Å². The maximum Gasteiger partial charge on any atom is 0.326 e. The normalized spacial score (nSPS) is 11.8. The minimum Gasteiger partial charge on any atom is -0.480 e. The largest absolute Gasteiger partial charge is 0.480 e. The number of hydrogen-bond acceptors (Lipinski definition) is 3. The van der Waals surface area contributed by atoms with Crippen molar-refractivity contribution in [2.45, 2.75) is 25.8 Å². The van der Waals surface area contributed by atoms with E-state index in [-0.39, 0.29) is 0 Å². The highest BCUT2D eigenvalue weighted by atomic mass is 16.4. The number of aromatic nitrogens is 2. The van der Waals surface area contributed by atoms with E-state index in [0.29, 0.717) is 19.4 Å². The first kappa shape index (κ1) is 13.0. The minimum absolute atomic E-state index is 0.350. The van der Waals surface area contributed by atoms with Gasteiger partial charge in [0.2, 0.25) is 0 Å². The van der Waals surface area contributed by atoms with Gasteiger partial charge in [-0.3, -0.25) is 0 Å². The Balaban J connectivity index is 2.23.